The lowest BCUT2D eigenvalue weighted by molar-refractivity contribution is -0.137. The molecule has 174 valence electrons. The Morgan fingerprint density at radius 3 is 2.23 bits per heavy atom. The van der Waals surface area contributed by atoms with Crippen molar-refractivity contribution in [2.24, 2.45) is 17.8 Å². The molecule has 0 radical (unpaired) electrons. The number of ketones is 1. The summed E-state index contributed by atoms with van der Waals surface area (Å²) in [5.74, 6) is -3.41. The molecule has 3 rings (SSSR count). The number of Topliss-reactive ketones (excluding diaryl/α,β-unsaturated/α-hetero) is 1. The van der Waals surface area contributed by atoms with Gasteiger partial charge in [0.05, 0.1) is 15.2 Å². The minimum absolute atomic E-state index is 0.0177. The largest absolute Gasteiger partial charge is 0.416 e. The third-order valence-corrected chi connectivity index (χ3v) is 9.64. The van der Waals surface area contributed by atoms with E-state index in [2.05, 4.69) is 0 Å². The van der Waals surface area contributed by atoms with Gasteiger partial charge < -0.3 is 0 Å². The molecular weight excluding hydrogens is 439 g/mol. The van der Waals surface area contributed by atoms with E-state index in [1.54, 1.807) is 0 Å². The first-order valence-corrected chi connectivity index (χ1v) is 11.9. The number of alkyl halides is 5. The average molecular weight is 467 g/mol. The zero-order chi connectivity index (χ0) is 23.2. The highest BCUT2D eigenvalue weighted by Gasteiger charge is 2.49. The second kappa shape index (κ2) is 8.12. The summed E-state index contributed by atoms with van der Waals surface area (Å²) in [6, 6.07) is 3.75. The van der Waals surface area contributed by atoms with Gasteiger partial charge in [-0.25, -0.2) is 17.2 Å². The van der Waals surface area contributed by atoms with E-state index in [1.807, 2.05) is 0 Å². The van der Waals surface area contributed by atoms with Crippen LogP contribution in [0.3, 0.4) is 0 Å². The lowest BCUT2D eigenvalue weighted by Crippen LogP contribution is -2.47. The third kappa shape index (κ3) is 4.96. The quantitative estimate of drug-likeness (QED) is 0.478. The van der Waals surface area contributed by atoms with Crippen molar-refractivity contribution in [3.8, 4) is 0 Å². The highest BCUT2D eigenvalue weighted by Crippen LogP contribution is 2.48. The van der Waals surface area contributed by atoms with E-state index in [-0.39, 0.29) is 60.5 Å². The molecule has 0 N–H and O–H groups in total. The van der Waals surface area contributed by atoms with Crippen LogP contribution in [0.15, 0.2) is 29.2 Å². The van der Waals surface area contributed by atoms with E-state index in [0.29, 0.717) is 18.9 Å². The summed E-state index contributed by atoms with van der Waals surface area (Å²) < 4.78 is 90.4. The van der Waals surface area contributed by atoms with Crippen LogP contribution in [0.4, 0.5) is 22.0 Å². The molecule has 0 saturated heterocycles. The molecule has 9 heteroatoms. The van der Waals surface area contributed by atoms with Gasteiger partial charge in [0.1, 0.15) is 5.78 Å². The van der Waals surface area contributed by atoms with Gasteiger partial charge in [-0.1, -0.05) is 6.07 Å². The van der Waals surface area contributed by atoms with Crippen molar-refractivity contribution >= 4 is 15.6 Å². The average Bonchev–Trinajstić information content (AvgIpc) is 2.63. The minimum atomic E-state index is -4.64. The van der Waals surface area contributed by atoms with Crippen LogP contribution in [0.2, 0.25) is 0 Å². The van der Waals surface area contributed by atoms with Gasteiger partial charge >= 0.3 is 6.18 Å². The standard InChI is InChI=1S/C22H27F5O3S/c1-20(2,31(29,30)18-5-3-4-16(13-18)22(25,26)27)17-10-14(11-17)12-19(28)15-6-8-21(23,24)9-7-15/h3-5,13-15,17H,6-12H2,1-2H3. The lowest BCUT2D eigenvalue weighted by Gasteiger charge is -2.45. The first-order valence-electron chi connectivity index (χ1n) is 10.5. The number of hydrogen-bond acceptors (Lipinski definition) is 3. The molecular formula is C22H27F5O3S. The van der Waals surface area contributed by atoms with Crippen molar-refractivity contribution in [2.45, 2.75) is 80.5 Å². The number of hydrogen-bond donors (Lipinski definition) is 0. The molecule has 3 nitrogen and oxygen atoms in total. The van der Waals surface area contributed by atoms with Crippen LogP contribution in [-0.2, 0) is 20.8 Å². The van der Waals surface area contributed by atoms with E-state index in [4.69, 9.17) is 0 Å². The van der Waals surface area contributed by atoms with E-state index in [9.17, 15) is 35.2 Å². The third-order valence-electron chi connectivity index (χ3n) is 7.05. The molecule has 0 unspecified atom stereocenters. The van der Waals surface area contributed by atoms with E-state index in [1.165, 1.54) is 19.9 Å². The molecule has 1 aromatic carbocycles. The lowest BCUT2D eigenvalue weighted by atomic mass is 9.66. The number of carbonyl (C=O) groups is 1. The molecule has 0 spiro atoms. The van der Waals surface area contributed by atoms with E-state index < -0.39 is 32.2 Å². The number of carbonyl (C=O) groups excluding carboxylic acids is 1. The second-order valence-electron chi connectivity index (χ2n) is 9.47. The van der Waals surface area contributed by atoms with Gasteiger partial charge in [0.15, 0.2) is 9.84 Å². The topological polar surface area (TPSA) is 51.2 Å². The minimum Gasteiger partial charge on any atom is -0.299 e. The SMILES string of the molecule is CC(C)(C1CC(CC(=O)C2CCC(F)(F)CC2)C1)S(=O)(=O)c1cccc(C(F)(F)F)c1. The number of halogens is 5. The normalized spacial score (nSPS) is 25.1. The Bertz CT molecular complexity index is 921. The number of rotatable bonds is 6. The Kier molecular flexibility index (Phi) is 6.32. The number of sulfone groups is 1. The summed E-state index contributed by atoms with van der Waals surface area (Å²) in [5.41, 5.74) is -1.01. The Labute approximate surface area is 179 Å². The molecule has 0 bridgehead atoms. The van der Waals surface area contributed by atoms with E-state index in [0.717, 1.165) is 12.1 Å². The second-order valence-corrected chi connectivity index (χ2v) is 12.0. The van der Waals surface area contributed by atoms with Crippen LogP contribution in [0, 0.1) is 17.8 Å². The molecule has 2 aliphatic carbocycles. The van der Waals surface area contributed by atoms with Gasteiger partial charge in [-0.05, 0) is 69.6 Å². The Morgan fingerprint density at radius 2 is 1.68 bits per heavy atom. The van der Waals surface area contributed by atoms with Crippen LogP contribution >= 0.6 is 0 Å². The Hall–Kier alpha value is -1.51. The van der Waals surface area contributed by atoms with Crippen molar-refractivity contribution in [3.63, 3.8) is 0 Å². The number of benzene rings is 1. The summed E-state index contributed by atoms with van der Waals surface area (Å²) in [6.45, 7) is 3.02. The first-order chi connectivity index (χ1) is 14.1. The van der Waals surface area contributed by atoms with Gasteiger partial charge in [0.25, 0.3) is 0 Å². The molecule has 0 heterocycles. The summed E-state index contributed by atoms with van der Waals surface area (Å²) in [5, 5.41) is 0. The molecule has 2 fully saturated rings. The summed E-state index contributed by atoms with van der Waals surface area (Å²) >= 11 is 0. The zero-order valence-electron chi connectivity index (χ0n) is 17.5. The van der Waals surface area contributed by atoms with Gasteiger partial charge in [-0.3, -0.25) is 4.79 Å². The maximum absolute atomic E-state index is 13.3. The molecule has 2 saturated carbocycles. The molecule has 0 atom stereocenters. The fourth-order valence-corrected chi connectivity index (χ4v) is 6.42. The predicted octanol–water partition coefficient (Wildman–Crippen LogP) is 6.07. The van der Waals surface area contributed by atoms with Crippen molar-refractivity contribution in [3.05, 3.63) is 29.8 Å². The van der Waals surface area contributed by atoms with Crippen LogP contribution < -0.4 is 0 Å². The van der Waals surface area contributed by atoms with Crippen LogP contribution in [-0.4, -0.2) is 24.9 Å². The summed E-state index contributed by atoms with van der Waals surface area (Å²) in [7, 11) is -4.03. The van der Waals surface area contributed by atoms with Crippen molar-refractivity contribution in [1.29, 1.82) is 0 Å². The van der Waals surface area contributed by atoms with Crippen molar-refractivity contribution in [2.75, 3.05) is 0 Å². The fourth-order valence-electron chi connectivity index (χ4n) is 4.65. The zero-order valence-corrected chi connectivity index (χ0v) is 18.3. The van der Waals surface area contributed by atoms with Gasteiger partial charge in [-0.15, -0.1) is 0 Å². The maximum Gasteiger partial charge on any atom is 0.416 e. The van der Waals surface area contributed by atoms with Gasteiger partial charge in [-0.2, -0.15) is 13.2 Å². The summed E-state index contributed by atoms with van der Waals surface area (Å²) in [6.07, 6.45) is -3.65. The van der Waals surface area contributed by atoms with Gasteiger partial charge in [0, 0.05) is 25.2 Å². The molecule has 0 aromatic heterocycles. The highest BCUT2D eigenvalue weighted by molar-refractivity contribution is 7.92. The molecule has 0 aliphatic heterocycles. The fraction of sp³-hybridized carbons (Fsp3) is 0.682. The highest BCUT2D eigenvalue weighted by atomic mass is 32.2. The van der Waals surface area contributed by atoms with E-state index >= 15 is 0 Å². The molecule has 2 aliphatic rings. The molecule has 31 heavy (non-hydrogen) atoms. The van der Waals surface area contributed by atoms with Gasteiger partial charge in [0.2, 0.25) is 5.92 Å². The monoisotopic (exact) mass is 466 g/mol. The van der Waals surface area contributed by atoms with Crippen LogP contribution in [0.25, 0.3) is 0 Å². The Morgan fingerprint density at radius 1 is 1.10 bits per heavy atom. The summed E-state index contributed by atoms with van der Waals surface area (Å²) in [4.78, 5) is 12.1. The Balaban J connectivity index is 1.62. The van der Waals surface area contributed by atoms with Crippen LogP contribution in [0.1, 0.15) is 64.4 Å². The molecule has 1 aromatic rings. The molecule has 0 amide bonds. The first kappa shape index (κ1) is 24.1. The van der Waals surface area contributed by atoms with Crippen molar-refractivity contribution < 1.29 is 35.2 Å². The predicted molar refractivity (Wildman–Crippen MR) is 105 cm³/mol. The van der Waals surface area contributed by atoms with Crippen LogP contribution in [0.5, 0.6) is 0 Å². The smallest absolute Gasteiger partial charge is 0.299 e. The van der Waals surface area contributed by atoms with Crippen molar-refractivity contribution in [1.82, 2.24) is 0 Å². The maximum atomic E-state index is 13.3.